The molecule has 1 aromatic heterocycles. The number of hydrogen-bond donors (Lipinski definition) is 0. The van der Waals surface area contributed by atoms with Crippen LogP contribution in [0.5, 0.6) is 5.88 Å². The highest BCUT2D eigenvalue weighted by atomic mass is 35.5. The number of aromatic nitrogens is 2. The second-order valence-corrected chi connectivity index (χ2v) is 4.78. The van der Waals surface area contributed by atoms with Crippen LogP contribution in [0.15, 0.2) is 0 Å². The summed E-state index contributed by atoms with van der Waals surface area (Å²) in [6.07, 6.45) is 4.02. The molecule has 0 aliphatic heterocycles. The van der Waals surface area contributed by atoms with Crippen molar-refractivity contribution in [2.45, 2.75) is 46.5 Å². The summed E-state index contributed by atoms with van der Waals surface area (Å²) < 4.78 is 11.1. The number of aryl methyl sites for hydroxylation is 1. The van der Waals surface area contributed by atoms with Crippen LogP contribution in [-0.2, 0) is 11.2 Å². The molecule has 19 heavy (non-hydrogen) atoms. The van der Waals surface area contributed by atoms with Gasteiger partial charge in [-0.2, -0.15) is 4.98 Å². The zero-order valence-corrected chi connectivity index (χ0v) is 12.8. The van der Waals surface area contributed by atoms with Crippen molar-refractivity contribution in [3.63, 3.8) is 0 Å². The van der Waals surface area contributed by atoms with E-state index in [0.717, 1.165) is 43.7 Å². The Hall–Kier alpha value is -0.870. The van der Waals surface area contributed by atoms with Crippen molar-refractivity contribution in [2.24, 2.45) is 0 Å². The topological polar surface area (TPSA) is 44.2 Å². The molecule has 0 spiro atoms. The van der Waals surface area contributed by atoms with Crippen molar-refractivity contribution in [1.29, 1.82) is 0 Å². The third kappa shape index (κ3) is 5.74. The lowest BCUT2D eigenvalue weighted by molar-refractivity contribution is 0.0961. The lowest BCUT2D eigenvalue weighted by atomic mass is 10.3. The van der Waals surface area contributed by atoms with Gasteiger partial charge in [0.2, 0.25) is 5.88 Å². The van der Waals surface area contributed by atoms with Crippen LogP contribution in [0, 0.1) is 6.92 Å². The highest BCUT2D eigenvalue weighted by Gasteiger charge is 2.10. The molecule has 0 unspecified atom stereocenters. The summed E-state index contributed by atoms with van der Waals surface area (Å²) in [5.41, 5.74) is 0.787. The van der Waals surface area contributed by atoms with Crippen LogP contribution in [0.2, 0.25) is 5.15 Å². The number of ether oxygens (including phenoxy) is 2. The van der Waals surface area contributed by atoms with Crippen LogP contribution in [0.4, 0.5) is 0 Å². The second-order valence-electron chi connectivity index (χ2n) is 4.43. The van der Waals surface area contributed by atoms with Gasteiger partial charge in [-0.25, -0.2) is 4.98 Å². The predicted molar refractivity (Wildman–Crippen MR) is 77.0 cm³/mol. The van der Waals surface area contributed by atoms with Crippen molar-refractivity contribution in [1.82, 2.24) is 9.97 Å². The lowest BCUT2D eigenvalue weighted by Gasteiger charge is -2.10. The minimum absolute atomic E-state index is 0.473. The summed E-state index contributed by atoms with van der Waals surface area (Å²) >= 11 is 6.07. The Bertz CT molecular complexity index is 386. The fourth-order valence-electron chi connectivity index (χ4n) is 1.53. The number of nitrogens with zero attached hydrogens (tertiary/aromatic N) is 2. The molecule has 0 aromatic carbocycles. The first-order valence-electron chi connectivity index (χ1n) is 6.92. The molecule has 0 aliphatic carbocycles. The molecule has 0 radical (unpaired) electrons. The lowest BCUT2D eigenvalue weighted by Crippen LogP contribution is -2.10. The van der Waals surface area contributed by atoms with Crippen LogP contribution in [0.25, 0.3) is 0 Å². The van der Waals surface area contributed by atoms with Gasteiger partial charge in [-0.1, -0.05) is 31.9 Å². The summed E-state index contributed by atoms with van der Waals surface area (Å²) in [6.45, 7) is 7.93. The van der Waals surface area contributed by atoms with Gasteiger partial charge in [0, 0.05) is 18.6 Å². The average Bonchev–Trinajstić information content (AvgIpc) is 2.39. The predicted octanol–water partition coefficient (Wildman–Crippen LogP) is 3.59. The first-order valence-corrected chi connectivity index (χ1v) is 7.30. The quantitative estimate of drug-likeness (QED) is 0.514. The second kappa shape index (κ2) is 9.10. The van der Waals surface area contributed by atoms with Crippen LogP contribution >= 0.6 is 11.6 Å². The molecule has 1 aromatic rings. The third-order valence-electron chi connectivity index (χ3n) is 2.67. The molecule has 0 bridgehead atoms. The number of rotatable bonds is 9. The van der Waals surface area contributed by atoms with E-state index in [9.17, 15) is 0 Å². The van der Waals surface area contributed by atoms with Gasteiger partial charge in [-0.05, 0) is 19.8 Å². The summed E-state index contributed by atoms with van der Waals surface area (Å²) in [7, 11) is 0. The Morgan fingerprint density at radius 3 is 2.53 bits per heavy atom. The maximum Gasteiger partial charge on any atom is 0.221 e. The zero-order chi connectivity index (χ0) is 14.1. The minimum atomic E-state index is 0.473. The van der Waals surface area contributed by atoms with Crippen molar-refractivity contribution in [2.75, 3.05) is 19.8 Å². The molecule has 0 fully saturated rings. The van der Waals surface area contributed by atoms with E-state index in [-0.39, 0.29) is 0 Å². The van der Waals surface area contributed by atoms with E-state index in [1.165, 1.54) is 0 Å². The van der Waals surface area contributed by atoms with Gasteiger partial charge in [-0.15, -0.1) is 0 Å². The Kier molecular flexibility index (Phi) is 7.75. The maximum atomic E-state index is 6.07. The van der Waals surface area contributed by atoms with Gasteiger partial charge >= 0.3 is 0 Å². The Morgan fingerprint density at radius 1 is 1.05 bits per heavy atom. The fourth-order valence-corrected chi connectivity index (χ4v) is 1.71. The average molecular weight is 287 g/mol. The number of unbranched alkanes of at least 4 members (excludes halogenated alkanes) is 1. The first kappa shape index (κ1) is 16.2. The smallest absolute Gasteiger partial charge is 0.221 e. The van der Waals surface area contributed by atoms with E-state index < -0.39 is 0 Å². The SMILES string of the molecule is CCCCOCCOc1nc(CCC)nc(Cl)c1C. The molecule has 1 rings (SSSR count). The van der Waals surface area contributed by atoms with Gasteiger partial charge in [0.05, 0.1) is 6.61 Å². The van der Waals surface area contributed by atoms with E-state index in [0.29, 0.717) is 24.2 Å². The van der Waals surface area contributed by atoms with Gasteiger partial charge in [-0.3, -0.25) is 0 Å². The molecular formula is C14H23ClN2O2. The highest BCUT2D eigenvalue weighted by molar-refractivity contribution is 6.30. The van der Waals surface area contributed by atoms with E-state index in [1.807, 2.05) is 6.92 Å². The summed E-state index contributed by atoms with van der Waals surface area (Å²) in [5, 5.41) is 0.473. The molecule has 0 N–H and O–H groups in total. The summed E-state index contributed by atoms with van der Waals surface area (Å²) in [4.78, 5) is 8.62. The maximum absolute atomic E-state index is 6.07. The summed E-state index contributed by atoms with van der Waals surface area (Å²) in [5.74, 6) is 1.31. The van der Waals surface area contributed by atoms with E-state index in [4.69, 9.17) is 21.1 Å². The fraction of sp³-hybridized carbons (Fsp3) is 0.714. The van der Waals surface area contributed by atoms with Crippen molar-refractivity contribution in [3.05, 3.63) is 16.5 Å². The van der Waals surface area contributed by atoms with Crippen molar-refractivity contribution < 1.29 is 9.47 Å². The molecule has 0 atom stereocenters. The van der Waals surface area contributed by atoms with Crippen LogP contribution in [0.3, 0.4) is 0 Å². The van der Waals surface area contributed by atoms with Crippen molar-refractivity contribution in [3.8, 4) is 5.88 Å². The highest BCUT2D eigenvalue weighted by Crippen LogP contribution is 2.22. The monoisotopic (exact) mass is 286 g/mol. The first-order chi connectivity index (χ1) is 9.19. The van der Waals surface area contributed by atoms with Gasteiger partial charge < -0.3 is 9.47 Å². The molecule has 0 saturated carbocycles. The minimum Gasteiger partial charge on any atom is -0.475 e. The number of halogens is 1. The largest absolute Gasteiger partial charge is 0.475 e. The third-order valence-corrected chi connectivity index (χ3v) is 3.04. The normalized spacial score (nSPS) is 10.7. The molecular weight excluding hydrogens is 264 g/mol. The van der Waals surface area contributed by atoms with Crippen LogP contribution < -0.4 is 4.74 Å². The van der Waals surface area contributed by atoms with E-state index >= 15 is 0 Å². The molecule has 0 aliphatic rings. The Balaban J connectivity index is 2.47. The van der Waals surface area contributed by atoms with Gasteiger partial charge in [0.15, 0.2) is 0 Å². The molecule has 5 heteroatoms. The standard InChI is InChI=1S/C14H23ClN2O2/c1-4-6-8-18-9-10-19-14-11(3)13(15)16-12(17-14)7-5-2/h4-10H2,1-3H3. The summed E-state index contributed by atoms with van der Waals surface area (Å²) in [6, 6.07) is 0. The molecule has 0 saturated heterocycles. The Labute approximate surface area is 120 Å². The van der Waals surface area contributed by atoms with E-state index in [1.54, 1.807) is 0 Å². The van der Waals surface area contributed by atoms with Gasteiger partial charge in [0.1, 0.15) is 17.6 Å². The molecule has 0 amide bonds. The number of hydrogen-bond acceptors (Lipinski definition) is 4. The van der Waals surface area contributed by atoms with Crippen LogP contribution in [0.1, 0.15) is 44.5 Å². The molecule has 108 valence electrons. The van der Waals surface area contributed by atoms with Crippen LogP contribution in [-0.4, -0.2) is 29.8 Å². The van der Waals surface area contributed by atoms with E-state index in [2.05, 4.69) is 23.8 Å². The zero-order valence-electron chi connectivity index (χ0n) is 12.0. The molecule has 1 heterocycles. The molecule has 4 nitrogen and oxygen atoms in total. The Morgan fingerprint density at radius 2 is 1.84 bits per heavy atom. The van der Waals surface area contributed by atoms with Crippen molar-refractivity contribution >= 4 is 11.6 Å². The van der Waals surface area contributed by atoms with Gasteiger partial charge in [0.25, 0.3) is 0 Å².